The maximum atomic E-state index is 10.7. The molecule has 2 aromatic heterocycles. The van der Waals surface area contributed by atoms with Crippen LogP contribution in [-0.4, -0.2) is 64.4 Å². The zero-order valence-electron chi connectivity index (χ0n) is 12.5. The number of phosphoric ester groups is 1. The van der Waals surface area contributed by atoms with E-state index in [9.17, 15) is 14.8 Å². The van der Waals surface area contributed by atoms with Gasteiger partial charge in [-0.25, -0.2) is 14.5 Å². The monoisotopic (exact) mass is 370 g/mol. The van der Waals surface area contributed by atoms with Crippen molar-refractivity contribution < 1.29 is 63.4 Å². The van der Waals surface area contributed by atoms with E-state index in [1.54, 1.807) is 0 Å². The third kappa shape index (κ3) is 3.78. The standard InChI is InChI=1S/C10H14N5O7P.Na/c11-8-5-9(13-2-12-5)15(3-14-8)10-7(17)6(16)4(22-10)1-21-23(18,19)20;/h2-4,6-7,10-11,16-17H,1H2,(H,12,13)(H2,18,19,20);/q;+1. The maximum Gasteiger partial charge on any atom is 1.00 e. The van der Waals surface area contributed by atoms with Gasteiger partial charge in [-0.2, -0.15) is 0 Å². The van der Waals surface area contributed by atoms with Gasteiger partial charge in [-0.05, 0) is 0 Å². The van der Waals surface area contributed by atoms with Crippen LogP contribution in [0.4, 0.5) is 0 Å². The molecule has 2 aromatic rings. The first-order chi connectivity index (χ1) is 10.8. The Morgan fingerprint density at radius 3 is 2.75 bits per heavy atom. The molecule has 1 aliphatic heterocycles. The molecule has 0 aliphatic carbocycles. The Balaban J connectivity index is 0.00000208. The SMILES string of the molecule is N=c1ncn(C2OC(COP(=O)(O)O)C(O)C2O)c2nc[nH]c12.[Na+]. The Hall–Kier alpha value is -0.660. The number of rotatable bonds is 4. The molecule has 1 aliphatic rings. The summed E-state index contributed by atoms with van der Waals surface area (Å²) in [7, 11) is -4.73. The number of aromatic nitrogens is 4. The Morgan fingerprint density at radius 2 is 2.08 bits per heavy atom. The third-order valence-corrected chi connectivity index (χ3v) is 3.92. The average molecular weight is 370 g/mol. The van der Waals surface area contributed by atoms with E-state index in [4.69, 9.17) is 19.9 Å². The largest absolute Gasteiger partial charge is 1.00 e. The van der Waals surface area contributed by atoms with Crippen LogP contribution in [0.25, 0.3) is 11.2 Å². The summed E-state index contributed by atoms with van der Waals surface area (Å²) in [6.45, 7) is -0.604. The first kappa shape index (κ1) is 19.7. The summed E-state index contributed by atoms with van der Waals surface area (Å²) in [6.07, 6.45) is -2.52. The number of fused-ring (bicyclic) bond motifs is 1. The molecular formula is C10H14N5NaO7P+. The van der Waals surface area contributed by atoms with E-state index in [1.807, 2.05) is 0 Å². The number of hydrogen-bond acceptors (Lipinski definition) is 8. The zero-order valence-corrected chi connectivity index (χ0v) is 15.4. The van der Waals surface area contributed by atoms with Crippen molar-refractivity contribution in [2.75, 3.05) is 6.61 Å². The van der Waals surface area contributed by atoms with Crippen LogP contribution in [0.15, 0.2) is 12.7 Å². The molecule has 14 heteroatoms. The molecule has 4 unspecified atom stereocenters. The van der Waals surface area contributed by atoms with Gasteiger partial charge in [0.1, 0.15) is 30.2 Å². The fourth-order valence-corrected chi connectivity index (χ4v) is 2.69. The fraction of sp³-hybridized carbons (Fsp3) is 0.500. The van der Waals surface area contributed by atoms with Gasteiger partial charge in [-0.15, -0.1) is 0 Å². The quantitative estimate of drug-likeness (QED) is 0.226. The van der Waals surface area contributed by atoms with Crippen LogP contribution >= 0.6 is 7.82 Å². The Bertz CT molecular complexity index is 821. The minimum absolute atomic E-state index is 0. The maximum absolute atomic E-state index is 10.7. The molecule has 12 nitrogen and oxygen atoms in total. The molecule has 0 saturated carbocycles. The molecule has 126 valence electrons. The Morgan fingerprint density at radius 1 is 1.38 bits per heavy atom. The van der Waals surface area contributed by atoms with Crippen molar-refractivity contribution in [3.63, 3.8) is 0 Å². The predicted molar refractivity (Wildman–Crippen MR) is 71.7 cm³/mol. The first-order valence-corrected chi connectivity index (χ1v) is 7.97. The van der Waals surface area contributed by atoms with E-state index < -0.39 is 39.0 Å². The molecule has 0 aromatic carbocycles. The van der Waals surface area contributed by atoms with Crippen molar-refractivity contribution >= 4 is 19.0 Å². The number of nitrogens with one attached hydrogen (secondary N) is 2. The van der Waals surface area contributed by atoms with Gasteiger partial charge in [-0.1, -0.05) is 0 Å². The minimum Gasteiger partial charge on any atom is -0.387 e. The molecule has 4 atom stereocenters. The van der Waals surface area contributed by atoms with Gasteiger partial charge in [0.15, 0.2) is 17.4 Å². The van der Waals surface area contributed by atoms with E-state index >= 15 is 0 Å². The Labute approximate surface area is 156 Å². The molecule has 0 bridgehead atoms. The van der Waals surface area contributed by atoms with E-state index in [2.05, 4.69) is 19.5 Å². The fourth-order valence-electron chi connectivity index (χ4n) is 2.35. The van der Waals surface area contributed by atoms with Crippen LogP contribution in [0.3, 0.4) is 0 Å². The van der Waals surface area contributed by atoms with E-state index in [0.717, 1.165) is 0 Å². The molecule has 24 heavy (non-hydrogen) atoms. The minimum atomic E-state index is -4.73. The first-order valence-electron chi connectivity index (χ1n) is 6.44. The number of imidazole rings is 1. The summed E-state index contributed by atoms with van der Waals surface area (Å²) in [6, 6.07) is 0. The number of aliphatic hydroxyl groups excluding tert-OH is 2. The number of aliphatic hydroxyl groups is 2. The predicted octanol–water partition coefficient (Wildman–Crippen LogP) is -5.03. The number of H-pyrrole nitrogens is 1. The molecule has 1 saturated heterocycles. The van der Waals surface area contributed by atoms with Gasteiger partial charge in [0.25, 0.3) is 0 Å². The van der Waals surface area contributed by atoms with Crippen LogP contribution in [0, 0.1) is 5.41 Å². The summed E-state index contributed by atoms with van der Waals surface area (Å²) in [5.41, 5.74) is 0.536. The molecule has 0 amide bonds. The number of phosphoric acid groups is 1. The van der Waals surface area contributed by atoms with Gasteiger partial charge in [0.05, 0.1) is 12.9 Å². The van der Waals surface area contributed by atoms with E-state index in [1.165, 1.54) is 17.2 Å². The number of ether oxygens (including phenoxy) is 1. The van der Waals surface area contributed by atoms with Crippen LogP contribution < -0.4 is 35.0 Å². The van der Waals surface area contributed by atoms with Crippen molar-refractivity contribution in [2.45, 2.75) is 24.5 Å². The summed E-state index contributed by atoms with van der Waals surface area (Å²) in [4.78, 5) is 28.0. The zero-order chi connectivity index (χ0) is 16.8. The van der Waals surface area contributed by atoms with Crippen molar-refractivity contribution in [1.29, 1.82) is 5.41 Å². The normalized spacial score (nSPS) is 27.3. The number of nitrogens with zero attached hydrogens (tertiary/aromatic N) is 3. The number of hydrogen-bond donors (Lipinski definition) is 6. The second-order valence-electron chi connectivity index (χ2n) is 4.93. The van der Waals surface area contributed by atoms with Crippen molar-refractivity contribution in [3.8, 4) is 0 Å². The molecule has 1 fully saturated rings. The van der Waals surface area contributed by atoms with Crippen LogP contribution in [0.5, 0.6) is 0 Å². The summed E-state index contributed by atoms with van der Waals surface area (Å²) >= 11 is 0. The average Bonchev–Trinajstić information content (AvgIpc) is 3.06. The van der Waals surface area contributed by atoms with Gasteiger partial charge in [-0.3, -0.25) is 14.5 Å². The van der Waals surface area contributed by atoms with Gasteiger partial charge >= 0.3 is 37.4 Å². The molecule has 0 radical (unpaired) electrons. The smallest absolute Gasteiger partial charge is 0.387 e. The van der Waals surface area contributed by atoms with Crippen molar-refractivity contribution in [1.82, 2.24) is 19.5 Å². The summed E-state index contributed by atoms with van der Waals surface area (Å²) in [5.74, 6) is 0. The third-order valence-electron chi connectivity index (χ3n) is 3.43. The summed E-state index contributed by atoms with van der Waals surface area (Å²) in [5, 5.41) is 27.7. The molecule has 3 rings (SSSR count). The molecule has 0 spiro atoms. The summed E-state index contributed by atoms with van der Waals surface area (Å²) < 4.78 is 21.8. The van der Waals surface area contributed by atoms with Gasteiger partial charge < -0.3 is 29.7 Å². The molecule has 3 heterocycles. The van der Waals surface area contributed by atoms with Crippen LogP contribution in [0.2, 0.25) is 0 Å². The molecule has 6 N–H and O–H groups in total. The van der Waals surface area contributed by atoms with Gasteiger partial charge in [0.2, 0.25) is 0 Å². The number of aromatic amines is 1. The second kappa shape index (κ2) is 7.30. The topological polar surface area (TPSA) is 187 Å². The van der Waals surface area contributed by atoms with Crippen LogP contribution in [0.1, 0.15) is 6.23 Å². The van der Waals surface area contributed by atoms with E-state index in [0.29, 0.717) is 5.52 Å². The van der Waals surface area contributed by atoms with Crippen molar-refractivity contribution in [3.05, 3.63) is 18.1 Å². The molecular weight excluding hydrogens is 356 g/mol. The Kier molecular flexibility index (Phi) is 5.98. The van der Waals surface area contributed by atoms with Crippen LogP contribution in [-0.2, 0) is 13.8 Å². The second-order valence-corrected chi connectivity index (χ2v) is 6.17. The van der Waals surface area contributed by atoms with Crippen molar-refractivity contribution in [2.24, 2.45) is 0 Å². The van der Waals surface area contributed by atoms with E-state index in [-0.39, 0.29) is 40.7 Å². The van der Waals surface area contributed by atoms with Gasteiger partial charge in [0, 0.05) is 0 Å².